The molecule has 0 N–H and O–H groups in total. The molecule has 0 rings (SSSR count). The number of nitrogens with zero attached hydrogens (tertiary/aromatic N) is 1. The molecule has 0 aromatic heterocycles. The van der Waals surface area contributed by atoms with Crippen LogP contribution in [0.5, 0.6) is 0 Å². The van der Waals surface area contributed by atoms with E-state index < -0.39 is 0 Å². The van der Waals surface area contributed by atoms with E-state index in [1.165, 1.54) is 5.57 Å². The molecule has 1 nitrogen and oxygen atoms in total. The molecular formula is C8H17N. The van der Waals surface area contributed by atoms with E-state index in [0.717, 1.165) is 13.0 Å². The first-order valence-corrected chi connectivity index (χ1v) is 3.47. The van der Waals surface area contributed by atoms with Gasteiger partial charge in [-0.05, 0) is 27.4 Å². The van der Waals surface area contributed by atoms with Crippen molar-refractivity contribution in [2.75, 3.05) is 20.6 Å². The average molecular weight is 127 g/mol. The van der Waals surface area contributed by atoms with Gasteiger partial charge in [0.1, 0.15) is 0 Å². The molecule has 0 aliphatic heterocycles. The van der Waals surface area contributed by atoms with Crippen LogP contribution in [0.25, 0.3) is 0 Å². The summed E-state index contributed by atoms with van der Waals surface area (Å²) in [7, 11) is 4.18. The molecule has 0 fully saturated rings. The Morgan fingerprint density at radius 3 is 2.33 bits per heavy atom. The fraction of sp³-hybridized carbons (Fsp3) is 0.750. The first kappa shape index (κ1) is 8.70. The van der Waals surface area contributed by atoms with Crippen molar-refractivity contribution in [3.8, 4) is 0 Å². The third kappa shape index (κ3) is 5.57. The fourth-order valence-electron chi connectivity index (χ4n) is 0.912. The minimum atomic E-state index is 1.09. The summed E-state index contributed by atoms with van der Waals surface area (Å²) in [5.41, 5.74) is 1.46. The Labute approximate surface area is 58.4 Å². The van der Waals surface area contributed by atoms with E-state index in [1.54, 1.807) is 0 Å². The van der Waals surface area contributed by atoms with Crippen molar-refractivity contribution in [3.63, 3.8) is 0 Å². The summed E-state index contributed by atoms with van der Waals surface area (Å²) in [6.45, 7) is 5.43. The predicted molar refractivity (Wildman–Crippen MR) is 42.6 cm³/mol. The molecule has 0 aliphatic rings. The lowest BCUT2D eigenvalue weighted by Gasteiger charge is -2.08. The summed E-state index contributed by atoms with van der Waals surface area (Å²) in [6, 6.07) is 0. The lowest BCUT2D eigenvalue weighted by molar-refractivity contribution is 0.444. The van der Waals surface area contributed by atoms with Gasteiger partial charge in [0.05, 0.1) is 0 Å². The highest BCUT2D eigenvalue weighted by atomic mass is 15.0. The molecule has 0 radical (unpaired) electrons. The molecule has 0 saturated heterocycles. The van der Waals surface area contributed by atoms with E-state index in [9.17, 15) is 0 Å². The lowest BCUT2D eigenvalue weighted by atomic mass is 10.2. The van der Waals surface area contributed by atoms with Crippen LogP contribution in [0.2, 0.25) is 0 Å². The van der Waals surface area contributed by atoms with E-state index >= 15 is 0 Å². The van der Waals surface area contributed by atoms with Crippen molar-refractivity contribution in [2.45, 2.75) is 20.3 Å². The number of allylic oxidation sites excluding steroid dienone is 1. The van der Waals surface area contributed by atoms with Crippen LogP contribution in [0.1, 0.15) is 20.3 Å². The molecule has 0 atom stereocenters. The Kier molecular flexibility index (Phi) is 4.41. The SMILES string of the molecule is CC/C=C(\C)CN(C)C. The van der Waals surface area contributed by atoms with Gasteiger partial charge in [0.25, 0.3) is 0 Å². The number of likely N-dealkylation sites (N-methyl/N-ethyl adjacent to an activating group) is 1. The highest BCUT2D eigenvalue weighted by Crippen LogP contribution is 1.95. The van der Waals surface area contributed by atoms with E-state index in [0.29, 0.717) is 0 Å². The van der Waals surface area contributed by atoms with Crippen molar-refractivity contribution in [1.29, 1.82) is 0 Å². The first-order valence-electron chi connectivity index (χ1n) is 3.47. The van der Waals surface area contributed by atoms with E-state index in [4.69, 9.17) is 0 Å². The topological polar surface area (TPSA) is 3.24 Å². The van der Waals surface area contributed by atoms with Crippen molar-refractivity contribution in [3.05, 3.63) is 11.6 Å². The Hall–Kier alpha value is -0.300. The van der Waals surface area contributed by atoms with Gasteiger partial charge < -0.3 is 4.90 Å². The summed E-state index contributed by atoms with van der Waals surface area (Å²) in [4.78, 5) is 2.18. The first-order chi connectivity index (χ1) is 4.16. The molecule has 0 bridgehead atoms. The van der Waals surface area contributed by atoms with Crippen LogP contribution in [-0.2, 0) is 0 Å². The highest BCUT2D eigenvalue weighted by Gasteiger charge is 1.88. The minimum absolute atomic E-state index is 1.09. The van der Waals surface area contributed by atoms with Gasteiger partial charge in [0.2, 0.25) is 0 Å². The molecule has 0 unspecified atom stereocenters. The van der Waals surface area contributed by atoms with Crippen LogP contribution in [0.15, 0.2) is 11.6 Å². The molecule has 1 heteroatoms. The van der Waals surface area contributed by atoms with Gasteiger partial charge in [0, 0.05) is 6.54 Å². The smallest absolute Gasteiger partial charge is 0.0183 e. The van der Waals surface area contributed by atoms with E-state index in [1.807, 2.05) is 0 Å². The quantitative estimate of drug-likeness (QED) is 0.523. The minimum Gasteiger partial charge on any atom is -0.305 e. The molecule has 54 valence electrons. The number of hydrogen-bond acceptors (Lipinski definition) is 1. The van der Waals surface area contributed by atoms with Crippen LogP contribution in [0, 0.1) is 0 Å². The lowest BCUT2D eigenvalue weighted by Crippen LogP contribution is -2.13. The monoisotopic (exact) mass is 127 g/mol. The molecule has 0 saturated carbocycles. The molecule has 0 spiro atoms. The van der Waals surface area contributed by atoms with Gasteiger partial charge in [-0.2, -0.15) is 0 Å². The molecule has 9 heavy (non-hydrogen) atoms. The maximum absolute atomic E-state index is 2.26. The van der Waals surface area contributed by atoms with Gasteiger partial charge in [0.15, 0.2) is 0 Å². The van der Waals surface area contributed by atoms with Gasteiger partial charge >= 0.3 is 0 Å². The van der Waals surface area contributed by atoms with Gasteiger partial charge in [-0.1, -0.05) is 18.6 Å². The second kappa shape index (κ2) is 4.57. The number of rotatable bonds is 3. The van der Waals surface area contributed by atoms with Gasteiger partial charge in [-0.15, -0.1) is 0 Å². The summed E-state index contributed by atoms with van der Waals surface area (Å²) in [5.74, 6) is 0. The molecule has 0 aromatic carbocycles. The predicted octanol–water partition coefficient (Wildman–Crippen LogP) is 1.90. The van der Waals surface area contributed by atoms with E-state index in [-0.39, 0.29) is 0 Å². The van der Waals surface area contributed by atoms with Crippen LogP contribution in [0.3, 0.4) is 0 Å². The third-order valence-corrected chi connectivity index (χ3v) is 1.12. The van der Waals surface area contributed by atoms with Crippen LogP contribution >= 0.6 is 0 Å². The van der Waals surface area contributed by atoms with Crippen molar-refractivity contribution in [2.24, 2.45) is 0 Å². The summed E-state index contributed by atoms with van der Waals surface area (Å²) < 4.78 is 0. The zero-order valence-corrected chi connectivity index (χ0v) is 6.94. The van der Waals surface area contributed by atoms with E-state index in [2.05, 4.69) is 38.9 Å². The van der Waals surface area contributed by atoms with Gasteiger partial charge in [-0.3, -0.25) is 0 Å². The Balaban J connectivity index is 3.49. The number of hydrogen-bond donors (Lipinski definition) is 0. The molecule has 0 amide bonds. The summed E-state index contributed by atoms with van der Waals surface area (Å²) >= 11 is 0. The maximum Gasteiger partial charge on any atom is 0.0183 e. The zero-order chi connectivity index (χ0) is 7.28. The highest BCUT2D eigenvalue weighted by molar-refractivity contribution is 4.99. The molecule has 0 aliphatic carbocycles. The third-order valence-electron chi connectivity index (χ3n) is 1.12. The van der Waals surface area contributed by atoms with Gasteiger partial charge in [-0.25, -0.2) is 0 Å². The standard InChI is InChI=1S/C8H17N/c1-5-6-8(2)7-9(3)4/h6H,5,7H2,1-4H3/b8-6+. The summed E-state index contributed by atoms with van der Waals surface area (Å²) in [5, 5.41) is 0. The molecular weight excluding hydrogens is 110 g/mol. The van der Waals surface area contributed by atoms with Crippen molar-refractivity contribution >= 4 is 0 Å². The Bertz CT molecular complexity index is 92.7. The average Bonchev–Trinajstić information content (AvgIpc) is 1.63. The molecule has 0 heterocycles. The normalized spacial score (nSPS) is 12.8. The van der Waals surface area contributed by atoms with Crippen molar-refractivity contribution in [1.82, 2.24) is 4.90 Å². The summed E-state index contributed by atoms with van der Waals surface area (Å²) in [6.07, 6.45) is 3.42. The molecule has 0 aromatic rings. The second-order valence-electron chi connectivity index (χ2n) is 2.70. The van der Waals surface area contributed by atoms with Crippen LogP contribution in [0.4, 0.5) is 0 Å². The zero-order valence-electron chi connectivity index (χ0n) is 6.94. The van der Waals surface area contributed by atoms with Crippen molar-refractivity contribution < 1.29 is 0 Å². The van der Waals surface area contributed by atoms with Crippen LogP contribution in [-0.4, -0.2) is 25.5 Å². The largest absolute Gasteiger partial charge is 0.305 e. The Morgan fingerprint density at radius 2 is 2.00 bits per heavy atom. The maximum atomic E-state index is 2.26. The van der Waals surface area contributed by atoms with Crippen LogP contribution < -0.4 is 0 Å². The Morgan fingerprint density at radius 1 is 1.44 bits per heavy atom. The fourth-order valence-corrected chi connectivity index (χ4v) is 0.912. The second-order valence-corrected chi connectivity index (χ2v) is 2.70.